The quantitative estimate of drug-likeness (QED) is 0.626. The zero-order valence-corrected chi connectivity index (χ0v) is 13.0. The summed E-state index contributed by atoms with van der Waals surface area (Å²) < 4.78 is 1.06. The van der Waals surface area contributed by atoms with E-state index in [0.717, 1.165) is 9.99 Å². The van der Waals surface area contributed by atoms with Crippen LogP contribution in [0.4, 0.5) is 0 Å². The highest BCUT2D eigenvalue weighted by atomic mass is 127. The SMILES string of the molecule is CC(C)C(CCCl)NC(=O)c1cccc(I)c1. The maximum absolute atomic E-state index is 12.0. The first kappa shape index (κ1) is 14.8. The van der Waals surface area contributed by atoms with Gasteiger partial charge in [-0.05, 0) is 53.1 Å². The third-order valence-electron chi connectivity index (χ3n) is 2.63. The van der Waals surface area contributed by atoms with E-state index in [0.29, 0.717) is 17.4 Å². The highest BCUT2D eigenvalue weighted by molar-refractivity contribution is 14.1. The third-order valence-corrected chi connectivity index (χ3v) is 3.52. The van der Waals surface area contributed by atoms with Gasteiger partial charge in [-0.2, -0.15) is 0 Å². The van der Waals surface area contributed by atoms with Crippen LogP contribution in [-0.4, -0.2) is 17.8 Å². The molecule has 0 radical (unpaired) electrons. The molecule has 1 rings (SSSR count). The second-order valence-electron chi connectivity index (χ2n) is 4.31. The van der Waals surface area contributed by atoms with Crippen molar-refractivity contribution in [2.24, 2.45) is 5.92 Å². The van der Waals surface area contributed by atoms with Gasteiger partial charge in [-0.3, -0.25) is 4.79 Å². The molecule has 1 unspecified atom stereocenters. The molecular formula is C13H17ClINO. The summed E-state index contributed by atoms with van der Waals surface area (Å²) in [5.41, 5.74) is 0.706. The fourth-order valence-corrected chi connectivity index (χ4v) is 2.35. The molecule has 1 N–H and O–H groups in total. The second kappa shape index (κ2) is 7.21. The number of alkyl halides is 1. The molecule has 94 valence electrons. The zero-order valence-electron chi connectivity index (χ0n) is 10.0. The Labute approximate surface area is 121 Å². The molecule has 2 nitrogen and oxygen atoms in total. The van der Waals surface area contributed by atoms with Crippen molar-refractivity contribution < 1.29 is 4.79 Å². The van der Waals surface area contributed by atoms with Gasteiger partial charge >= 0.3 is 0 Å². The van der Waals surface area contributed by atoms with Crippen molar-refractivity contribution in [3.05, 3.63) is 33.4 Å². The van der Waals surface area contributed by atoms with Crippen LogP contribution in [0, 0.1) is 9.49 Å². The second-order valence-corrected chi connectivity index (χ2v) is 5.94. The molecule has 1 amide bonds. The smallest absolute Gasteiger partial charge is 0.251 e. The standard InChI is InChI=1S/C13H17ClINO/c1-9(2)12(6-7-14)16-13(17)10-4-3-5-11(15)8-10/h3-5,8-9,12H,6-7H2,1-2H3,(H,16,17). The van der Waals surface area contributed by atoms with Crippen LogP contribution < -0.4 is 5.32 Å². The lowest BCUT2D eigenvalue weighted by atomic mass is 10.0. The number of benzene rings is 1. The van der Waals surface area contributed by atoms with Gasteiger partial charge in [0.1, 0.15) is 0 Å². The van der Waals surface area contributed by atoms with Crippen molar-refractivity contribution in [3.63, 3.8) is 0 Å². The number of halogens is 2. The van der Waals surface area contributed by atoms with E-state index < -0.39 is 0 Å². The van der Waals surface area contributed by atoms with E-state index in [2.05, 4.69) is 41.8 Å². The molecule has 1 aromatic carbocycles. The monoisotopic (exact) mass is 365 g/mol. The Bertz CT molecular complexity index is 381. The van der Waals surface area contributed by atoms with Gasteiger partial charge in [-0.1, -0.05) is 19.9 Å². The van der Waals surface area contributed by atoms with Crippen LogP contribution in [0.1, 0.15) is 30.6 Å². The Morgan fingerprint density at radius 3 is 2.71 bits per heavy atom. The van der Waals surface area contributed by atoms with E-state index in [1.807, 2.05) is 24.3 Å². The van der Waals surface area contributed by atoms with Gasteiger partial charge < -0.3 is 5.32 Å². The van der Waals surface area contributed by atoms with E-state index in [-0.39, 0.29) is 11.9 Å². The molecule has 0 saturated heterocycles. The first-order valence-corrected chi connectivity index (χ1v) is 7.28. The molecular weight excluding hydrogens is 349 g/mol. The summed E-state index contributed by atoms with van der Waals surface area (Å²) in [5.74, 6) is 0.933. The Morgan fingerprint density at radius 2 is 2.18 bits per heavy atom. The largest absolute Gasteiger partial charge is 0.349 e. The first-order valence-electron chi connectivity index (χ1n) is 5.67. The molecule has 0 spiro atoms. The predicted octanol–water partition coefficient (Wildman–Crippen LogP) is 3.67. The molecule has 0 bridgehead atoms. The number of carbonyl (C=O) groups excluding carboxylic acids is 1. The van der Waals surface area contributed by atoms with Gasteiger partial charge in [0, 0.05) is 21.1 Å². The lowest BCUT2D eigenvalue weighted by Gasteiger charge is -2.21. The predicted molar refractivity (Wildman–Crippen MR) is 80.6 cm³/mol. The highest BCUT2D eigenvalue weighted by Gasteiger charge is 2.16. The summed E-state index contributed by atoms with van der Waals surface area (Å²) in [7, 11) is 0. The number of rotatable bonds is 5. The number of hydrogen-bond donors (Lipinski definition) is 1. The molecule has 0 aliphatic heterocycles. The van der Waals surface area contributed by atoms with Crippen LogP contribution in [0.3, 0.4) is 0 Å². The van der Waals surface area contributed by atoms with Gasteiger partial charge in [0.15, 0.2) is 0 Å². The molecule has 0 aliphatic rings. The Morgan fingerprint density at radius 1 is 1.47 bits per heavy atom. The molecule has 1 atom stereocenters. The summed E-state index contributed by atoms with van der Waals surface area (Å²) in [6, 6.07) is 7.71. The molecule has 0 aromatic heterocycles. The fraction of sp³-hybridized carbons (Fsp3) is 0.462. The average molecular weight is 366 g/mol. The van der Waals surface area contributed by atoms with Crippen molar-refractivity contribution >= 4 is 40.1 Å². The summed E-state index contributed by atoms with van der Waals surface area (Å²) in [6.07, 6.45) is 0.800. The van der Waals surface area contributed by atoms with Crippen LogP contribution >= 0.6 is 34.2 Å². The molecule has 1 aromatic rings. The van der Waals surface area contributed by atoms with Crippen molar-refractivity contribution in [1.29, 1.82) is 0 Å². The van der Waals surface area contributed by atoms with Crippen LogP contribution in [-0.2, 0) is 0 Å². The van der Waals surface area contributed by atoms with E-state index in [9.17, 15) is 4.79 Å². The van der Waals surface area contributed by atoms with E-state index in [1.165, 1.54) is 0 Å². The number of carbonyl (C=O) groups is 1. The third kappa shape index (κ3) is 4.84. The molecule has 17 heavy (non-hydrogen) atoms. The average Bonchev–Trinajstić information content (AvgIpc) is 2.28. The van der Waals surface area contributed by atoms with Crippen LogP contribution in [0.25, 0.3) is 0 Å². The van der Waals surface area contributed by atoms with E-state index >= 15 is 0 Å². The van der Waals surface area contributed by atoms with E-state index in [1.54, 1.807) is 0 Å². The summed E-state index contributed by atoms with van der Waals surface area (Å²) in [5, 5.41) is 3.03. The molecule has 0 fully saturated rings. The normalized spacial score (nSPS) is 12.5. The maximum atomic E-state index is 12.0. The van der Waals surface area contributed by atoms with Crippen molar-refractivity contribution in [3.8, 4) is 0 Å². The van der Waals surface area contributed by atoms with Crippen LogP contribution in [0.2, 0.25) is 0 Å². The van der Waals surface area contributed by atoms with Gasteiger partial charge in [0.2, 0.25) is 0 Å². The van der Waals surface area contributed by atoms with E-state index in [4.69, 9.17) is 11.6 Å². The Kier molecular flexibility index (Phi) is 6.27. The summed E-state index contributed by atoms with van der Waals surface area (Å²) in [6.45, 7) is 4.18. The van der Waals surface area contributed by atoms with Gasteiger partial charge in [-0.25, -0.2) is 0 Å². The maximum Gasteiger partial charge on any atom is 0.251 e. The Balaban J connectivity index is 2.70. The molecule has 4 heteroatoms. The molecule has 0 saturated carbocycles. The van der Waals surface area contributed by atoms with Crippen molar-refractivity contribution in [2.75, 3.05) is 5.88 Å². The first-order chi connectivity index (χ1) is 8.04. The fourth-order valence-electron chi connectivity index (χ4n) is 1.57. The summed E-state index contributed by atoms with van der Waals surface area (Å²) in [4.78, 5) is 12.0. The van der Waals surface area contributed by atoms with Gasteiger partial charge in [0.05, 0.1) is 0 Å². The minimum absolute atomic E-state index is 0.0210. The minimum Gasteiger partial charge on any atom is -0.349 e. The van der Waals surface area contributed by atoms with Gasteiger partial charge in [-0.15, -0.1) is 11.6 Å². The minimum atomic E-state index is -0.0210. The zero-order chi connectivity index (χ0) is 12.8. The number of hydrogen-bond acceptors (Lipinski definition) is 1. The van der Waals surface area contributed by atoms with Crippen molar-refractivity contribution in [2.45, 2.75) is 26.3 Å². The van der Waals surface area contributed by atoms with Crippen LogP contribution in [0.5, 0.6) is 0 Å². The Hall–Kier alpha value is -0.290. The van der Waals surface area contributed by atoms with Crippen molar-refractivity contribution in [1.82, 2.24) is 5.32 Å². The number of amides is 1. The molecule has 0 heterocycles. The molecule has 0 aliphatic carbocycles. The topological polar surface area (TPSA) is 29.1 Å². The van der Waals surface area contributed by atoms with Crippen LogP contribution in [0.15, 0.2) is 24.3 Å². The lowest BCUT2D eigenvalue weighted by Crippen LogP contribution is -2.38. The van der Waals surface area contributed by atoms with Gasteiger partial charge in [0.25, 0.3) is 5.91 Å². The highest BCUT2D eigenvalue weighted by Crippen LogP contribution is 2.11. The lowest BCUT2D eigenvalue weighted by molar-refractivity contribution is 0.0925. The number of nitrogens with one attached hydrogen (secondary N) is 1. The summed E-state index contributed by atoms with van der Waals surface area (Å²) >= 11 is 7.94.